The van der Waals surface area contributed by atoms with E-state index in [9.17, 15) is 0 Å². The van der Waals surface area contributed by atoms with Crippen LogP contribution in [0.25, 0.3) is 10.7 Å². The second kappa shape index (κ2) is 4.88. The molecule has 0 aliphatic rings. The van der Waals surface area contributed by atoms with Crippen molar-refractivity contribution < 1.29 is 4.52 Å². The molecule has 0 saturated heterocycles. The summed E-state index contributed by atoms with van der Waals surface area (Å²) in [6.45, 7) is 3.97. The highest BCUT2D eigenvalue weighted by Gasteiger charge is 2.15. The predicted octanol–water partition coefficient (Wildman–Crippen LogP) is 3.23. The molecule has 2 aromatic heterocycles. The minimum absolute atomic E-state index is 0.208. The lowest BCUT2D eigenvalue weighted by atomic mass is 10.0. The lowest BCUT2D eigenvalue weighted by Crippen LogP contribution is -2.32. The summed E-state index contributed by atoms with van der Waals surface area (Å²) in [6, 6.07) is 1.98. The zero-order valence-corrected chi connectivity index (χ0v) is 12.1. The first-order valence-corrected chi connectivity index (χ1v) is 6.97. The van der Waals surface area contributed by atoms with E-state index in [1.54, 1.807) is 11.3 Å². The van der Waals surface area contributed by atoms with Gasteiger partial charge in [0.15, 0.2) is 0 Å². The van der Waals surface area contributed by atoms with Gasteiger partial charge in [0.05, 0.1) is 4.88 Å². The van der Waals surface area contributed by atoms with Crippen molar-refractivity contribution in [1.82, 2.24) is 10.1 Å². The van der Waals surface area contributed by atoms with Gasteiger partial charge in [-0.3, -0.25) is 0 Å². The number of thiophene rings is 1. The molecule has 0 fully saturated rings. The lowest BCUT2D eigenvalue weighted by Gasteiger charge is -2.16. The Hall–Kier alpha value is -0.720. The van der Waals surface area contributed by atoms with Gasteiger partial charge >= 0.3 is 0 Å². The summed E-state index contributed by atoms with van der Waals surface area (Å²) in [5.74, 6) is 1.29. The Bertz CT molecular complexity index is 501. The quantitative estimate of drug-likeness (QED) is 0.940. The van der Waals surface area contributed by atoms with Gasteiger partial charge < -0.3 is 10.3 Å². The fraction of sp³-hybridized carbons (Fsp3) is 0.455. The van der Waals surface area contributed by atoms with Gasteiger partial charge in [-0.05, 0) is 42.3 Å². The summed E-state index contributed by atoms with van der Waals surface area (Å²) in [5.41, 5.74) is 5.70. The first kappa shape index (κ1) is 12.7. The van der Waals surface area contributed by atoms with Crippen LogP contribution in [-0.4, -0.2) is 15.7 Å². The van der Waals surface area contributed by atoms with E-state index in [0.717, 1.165) is 15.8 Å². The van der Waals surface area contributed by atoms with Crippen LogP contribution >= 0.6 is 27.3 Å². The van der Waals surface area contributed by atoms with Gasteiger partial charge in [-0.1, -0.05) is 5.16 Å². The van der Waals surface area contributed by atoms with E-state index in [1.165, 1.54) is 0 Å². The number of halogens is 1. The molecular weight excluding hydrogens is 302 g/mol. The fourth-order valence-corrected chi connectivity index (χ4v) is 2.67. The monoisotopic (exact) mass is 315 g/mol. The molecule has 6 heteroatoms. The molecule has 0 amide bonds. The van der Waals surface area contributed by atoms with Crippen molar-refractivity contribution in [3.63, 3.8) is 0 Å². The van der Waals surface area contributed by atoms with Gasteiger partial charge in [-0.2, -0.15) is 4.98 Å². The van der Waals surface area contributed by atoms with Crippen LogP contribution in [0.4, 0.5) is 0 Å². The number of nitrogens with zero attached hydrogens (tertiary/aromatic N) is 2. The normalized spacial score (nSPS) is 12.0. The van der Waals surface area contributed by atoms with Gasteiger partial charge in [0.2, 0.25) is 11.7 Å². The second-order valence-electron chi connectivity index (χ2n) is 4.63. The third kappa shape index (κ3) is 3.62. The minimum Gasteiger partial charge on any atom is -0.339 e. The molecule has 0 aliphatic heterocycles. The molecular formula is C11H14BrN3OS. The molecule has 0 aliphatic carbocycles. The van der Waals surface area contributed by atoms with Crippen molar-refractivity contribution in [1.29, 1.82) is 0 Å². The third-order valence-corrected chi connectivity index (χ3v) is 3.93. The Labute approximate surface area is 112 Å². The summed E-state index contributed by atoms with van der Waals surface area (Å²) in [4.78, 5) is 5.35. The SMILES string of the molecule is CC(C)(N)CCc1nc(-c2cc(Br)cs2)no1. The molecule has 0 aromatic carbocycles. The Morgan fingerprint density at radius 3 is 2.88 bits per heavy atom. The maximum absolute atomic E-state index is 5.91. The number of rotatable bonds is 4. The summed E-state index contributed by atoms with van der Waals surface area (Å²) in [7, 11) is 0. The van der Waals surface area contributed by atoms with E-state index >= 15 is 0 Å². The maximum atomic E-state index is 5.91. The first-order valence-electron chi connectivity index (χ1n) is 5.30. The highest BCUT2D eigenvalue weighted by molar-refractivity contribution is 9.10. The van der Waals surface area contributed by atoms with Crippen molar-refractivity contribution in [3.05, 3.63) is 21.8 Å². The van der Waals surface area contributed by atoms with E-state index in [0.29, 0.717) is 18.1 Å². The van der Waals surface area contributed by atoms with Crippen molar-refractivity contribution in [3.8, 4) is 10.7 Å². The van der Waals surface area contributed by atoms with Gasteiger partial charge in [-0.25, -0.2) is 0 Å². The molecule has 0 atom stereocenters. The van der Waals surface area contributed by atoms with E-state index in [2.05, 4.69) is 26.1 Å². The fourth-order valence-electron chi connectivity index (χ4n) is 1.32. The van der Waals surface area contributed by atoms with E-state index in [-0.39, 0.29) is 5.54 Å². The summed E-state index contributed by atoms with van der Waals surface area (Å²) < 4.78 is 6.23. The summed E-state index contributed by atoms with van der Waals surface area (Å²) >= 11 is 4.98. The number of aromatic nitrogens is 2. The molecule has 4 nitrogen and oxygen atoms in total. The molecule has 0 bridgehead atoms. The highest BCUT2D eigenvalue weighted by Crippen LogP contribution is 2.27. The van der Waals surface area contributed by atoms with Crippen LogP contribution in [0.2, 0.25) is 0 Å². The Morgan fingerprint density at radius 2 is 2.29 bits per heavy atom. The third-order valence-electron chi connectivity index (χ3n) is 2.24. The van der Waals surface area contributed by atoms with E-state index in [1.807, 2.05) is 25.3 Å². The standard InChI is InChI=1S/C11H14BrN3OS/c1-11(2,13)4-3-9-14-10(15-16-9)8-5-7(12)6-17-8/h5-6H,3-4,13H2,1-2H3. The van der Waals surface area contributed by atoms with Crippen LogP contribution < -0.4 is 5.73 Å². The van der Waals surface area contributed by atoms with Gasteiger partial charge in [0.25, 0.3) is 0 Å². The average molecular weight is 316 g/mol. The highest BCUT2D eigenvalue weighted by atomic mass is 79.9. The Kier molecular flexibility index (Phi) is 3.65. The van der Waals surface area contributed by atoms with Crippen LogP contribution in [0, 0.1) is 0 Å². The van der Waals surface area contributed by atoms with Crippen molar-refractivity contribution >= 4 is 27.3 Å². The largest absolute Gasteiger partial charge is 0.339 e. The summed E-state index contributed by atoms with van der Waals surface area (Å²) in [6.07, 6.45) is 1.53. The van der Waals surface area contributed by atoms with Crippen molar-refractivity contribution in [2.24, 2.45) is 5.73 Å². The first-order chi connectivity index (χ1) is 7.94. The maximum Gasteiger partial charge on any atom is 0.227 e. The molecule has 2 rings (SSSR count). The molecule has 2 N–H and O–H groups in total. The van der Waals surface area contributed by atoms with Crippen molar-refractivity contribution in [2.45, 2.75) is 32.2 Å². The number of hydrogen-bond acceptors (Lipinski definition) is 5. The average Bonchev–Trinajstić information content (AvgIpc) is 2.81. The summed E-state index contributed by atoms with van der Waals surface area (Å²) in [5, 5.41) is 5.96. The second-order valence-corrected chi connectivity index (χ2v) is 6.46. The number of nitrogens with two attached hydrogens (primary N) is 1. The predicted molar refractivity (Wildman–Crippen MR) is 71.9 cm³/mol. The zero-order valence-electron chi connectivity index (χ0n) is 9.74. The molecule has 0 saturated carbocycles. The van der Waals surface area contributed by atoms with Gasteiger partial charge in [0.1, 0.15) is 0 Å². The topological polar surface area (TPSA) is 64.9 Å². The van der Waals surface area contributed by atoms with E-state index < -0.39 is 0 Å². The lowest BCUT2D eigenvalue weighted by molar-refractivity contribution is 0.358. The van der Waals surface area contributed by atoms with Crippen LogP contribution in [0.1, 0.15) is 26.2 Å². The molecule has 0 spiro atoms. The Morgan fingerprint density at radius 1 is 1.53 bits per heavy atom. The number of aryl methyl sites for hydroxylation is 1. The van der Waals surface area contributed by atoms with E-state index in [4.69, 9.17) is 10.3 Å². The number of hydrogen-bond donors (Lipinski definition) is 1. The van der Waals surface area contributed by atoms with Crippen LogP contribution in [0.3, 0.4) is 0 Å². The zero-order chi connectivity index (χ0) is 12.5. The van der Waals surface area contributed by atoms with Gasteiger partial charge in [-0.15, -0.1) is 11.3 Å². The smallest absolute Gasteiger partial charge is 0.227 e. The van der Waals surface area contributed by atoms with Gasteiger partial charge in [0, 0.05) is 21.8 Å². The molecule has 0 unspecified atom stereocenters. The van der Waals surface area contributed by atoms with Crippen molar-refractivity contribution in [2.75, 3.05) is 0 Å². The molecule has 2 heterocycles. The molecule has 17 heavy (non-hydrogen) atoms. The molecule has 92 valence electrons. The van der Waals surface area contributed by atoms with Crippen LogP contribution in [0.5, 0.6) is 0 Å². The Balaban J connectivity index is 2.06. The van der Waals surface area contributed by atoms with Crippen LogP contribution in [0.15, 0.2) is 20.4 Å². The molecule has 0 radical (unpaired) electrons. The van der Waals surface area contributed by atoms with Crippen LogP contribution in [-0.2, 0) is 6.42 Å². The molecule has 2 aromatic rings. The minimum atomic E-state index is -0.208.